The Morgan fingerprint density at radius 2 is 1.97 bits per heavy atom. The van der Waals surface area contributed by atoms with Crippen LogP contribution in [0, 0.1) is 5.82 Å². The zero-order valence-electron chi connectivity index (χ0n) is 18.9. The molecule has 3 N–H and O–H groups in total. The van der Waals surface area contributed by atoms with E-state index in [0.717, 1.165) is 12.0 Å². The first-order valence-electron chi connectivity index (χ1n) is 11.2. The van der Waals surface area contributed by atoms with E-state index in [1.165, 1.54) is 12.1 Å². The normalized spacial score (nSPS) is 20.0. The monoisotopic (exact) mass is 469 g/mol. The topological polar surface area (TPSA) is 111 Å². The maximum Gasteiger partial charge on any atom is 0.319 e. The highest BCUT2D eigenvalue weighted by Crippen LogP contribution is 2.23. The Hall–Kier alpha value is -3.50. The van der Waals surface area contributed by atoms with Crippen LogP contribution in [-0.2, 0) is 11.3 Å². The first kappa shape index (κ1) is 23.7. The predicted molar refractivity (Wildman–Crippen MR) is 124 cm³/mol. The van der Waals surface area contributed by atoms with Gasteiger partial charge in [0.1, 0.15) is 23.4 Å². The molecule has 2 amide bonds. The molecule has 1 saturated heterocycles. The molecule has 4 rings (SSSR count). The minimum Gasteiger partial charge on any atom is -0.497 e. The van der Waals surface area contributed by atoms with Gasteiger partial charge in [0.15, 0.2) is 0 Å². The smallest absolute Gasteiger partial charge is 0.319 e. The summed E-state index contributed by atoms with van der Waals surface area (Å²) in [5, 5.41) is 23.8. The molecule has 1 fully saturated rings. The fourth-order valence-electron chi connectivity index (χ4n) is 3.96. The minimum atomic E-state index is -0.495. The van der Waals surface area contributed by atoms with Crippen molar-refractivity contribution in [2.75, 3.05) is 19.0 Å². The van der Waals surface area contributed by atoms with Crippen molar-refractivity contribution in [2.24, 2.45) is 0 Å². The molecule has 10 heteroatoms. The van der Waals surface area contributed by atoms with Crippen LogP contribution in [0.4, 0.5) is 14.9 Å². The van der Waals surface area contributed by atoms with Crippen molar-refractivity contribution in [3.63, 3.8) is 0 Å². The molecule has 2 aromatic carbocycles. The molecule has 1 aromatic heterocycles. The largest absolute Gasteiger partial charge is 0.497 e. The summed E-state index contributed by atoms with van der Waals surface area (Å²) in [6.45, 7) is 0.398. The second-order valence-electron chi connectivity index (χ2n) is 8.15. The molecule has 0 unspecified atom stereocenters. The van der Waals surface area contributed by atoms with Crippen molar-refractivity contribution in [3.8, 4) is 17.0 Å². The first-order valence-corrected chi connectivity index (χ1v) is 11.2. The number of carbonyl (C=O) groups excluding carboxylic acids is 1. The van der Waals surface area contributed by atoms with E-state index in [-0.39, 0.29) is 30.6 Å². The van der Waals surface area contributed by atoms with Gasteiger partial charge >= 0.3 is 6.03 Å². The van der Waals surface area contributed by atoms with E-state index >= 15 is 0 Å². The third-order valence-electron chi connectivity index (χ3n) is 5.82. The van der Waals surface area contributed by atoms with Gasteiger partial charge in [0, 0.05) is 17.8 Å². The Bertz CT molecular complexity index is 1070. The Morgan fingerprint density at radius 3 is 2.68 bits per heavy atom. The number of methoxy groups -OCH3 is 1. The molecule has 3 aromatic rings. The number of ether oxygens (including phenoxy) is 2. The molecule has 0 radical (unpaired) electrons. The molecule has 0 spiro atoms. The van der Waals surface area contributed by atoms with Crippen LogP contribution in [0.1, 0.15) is 19.3 Å². The summed E-state index contributed by atoms with van der Waals surface area (Å²) in [7, 11) is 1.58. The van der Waals surface area contributed by atoms with Gasteiger partial charge in [-0.05, 0) is 67.8 Å². The number of anilines is 1. The summed E-state index contributed by atoms with van der Waals surface area (Å²) < 4.78 is 26.0. The van der Waals surface area contributed by atoms with Gasteiger partial charge in [0.05, 0.1) is 32.1 Å². The molecule has 1 aliphatic heterocycles. The Morgan fingerprint density at radius 1 is 1.21 bits per heavy atom. The molecular weight excluding hydrogens is 441 g/mol. The number of aliphatic hydroxyl groups is 1. The number of aromatic nitrogens is 3. The second kappa shape index (κ2) is 11.1. The van der Waals surface area contributed by atoms with Gasteiger partial charge in [-0.3, -0.25) is 4.68 Å². The number of nitrogens with zero attached hydrogens (tertiary/aromatic N) is 3. The molecular formula is C24H28FN5O4. The number of hydrogen-bond donors (Lipinski definition) is 3. The van der Waals surface area contributed by atoms with Gasteiger partial charge in [-0.2, -0.15) is 0 Å². The number of carbonyl (C=O) groups is 1. The number of aliphatic hydroxyl groups excluding tert-OH is 1. The molecule has 0 aliphatic carbocycles. The highest BCUT2D eigenvalue weighted by Gasteiger charge is 2.31. The van der Waals surface area contributed by atoms with Crippen molar-refractivity contribution in [2.45, 2.75) is 44.1 Å². The number of hydrogen-bond acceptors (Lipinski definition) is 6. The third-order valence-corrected chi connectivity index (χ3v) is 5.82. The van der Waals surface area contributed by atoms with Crippen molar-refractivity contribution < 1.29 is 23.8 Å². The molecule has 0 saturated carbocycles. The number of aryl methyl sites for hydroxylation is 1. The highest BCUT2D eigenvalue weighted by molar-refractivity contribution is 5.89. The van der Waals surface area contributed by atoms with Gasteiger partial charge in [-0.25, -0.2) is 9.18 Å². The van der Waals surface area contributed by atoms with Crippen LogP contribution in [0.3, 0.4) is 0 Å². The lowest BCUT2D eigenvalue weighted by atomic mass is 9.97. The summed E-state index contributed by atoms with van der Waals surface area (Å²) in [6.07, 6.45) is 3.36. The lowest BCUT2D eigenvalue weighted by Crippen LogP contribution is -2.52. The summed E-state index contributed by atoms with van der Waals surface area (Å²) in [5.74, 6) is 0.408. The summed E-state index contributed by atoms with van der Waals surface area (Å²) in [4.78, 5) is 12.4. The zero-order chi connectivity index (χ0) is 23.9. The number of urea groups is 1. The first-order chi connectivity index (χ1) is 16.5. The van der Waals surface area contributed by atoms with Crippen molar-refractivity contribution >= 4 is 11.7 Å². The molecule has 3 atom stereocenters. The maximum absolute atomic E-state index is 13.1. The van der Waals surface area contributed by atoms with E-state index in [1.807, 2.05) is 6.20 Å². The van der Waals surface area contributed by atoms with Crippen LogP contribution in [0.25, 0.3) is 11.3 Å². The van der Waals surface area contributed by atoms with Crippen LogP contribution in [0.15, 0.2) is 54.7 Å². The van der Waals surface area contributed by atoms with E-state index in [9.17, 15) is 14.3 Å². The Labute approximate surface area is 196 Å². The van der Waals surface area contributed by atoms with Crippen LogP contribution in [0.5, 0.6) is 5.75 Å². The Kier molecular flexibility index (Phi) is 7.71. The quantitative estimate of drug-likeness (QED) is 0.467. The van der Waals surface area contributed by atoms with Crippen LogP contribution >= 0.6 is 0 Å². The number of nitrogens with one attached hydrogen (secondary N) is 2. The van der Waals surface area contributed by atoms with E-state index in [1.54, 1.807) is 48.2 Å². The van der Waals surface area contributed by atoms with Crippen LogP contribution in [-0.4, -0.2) is 58.1 Å². The molecule has 2 heterocycles. The van der Waals surface area contributed by atoms with E-state index in [0.29, 0.717) is 36.5 Å². The predicted octanol–water partition coefficient (Wildman–Crippen LogP) is 3.21. The van der Waals surface area contributed by atoms with Crippen molar-refractivity contribution in [3.05, 3.63) is 60.5 Å². The molecule has 180 valence electrons. The van der Waals surface area contributed by atoms with Crippen molar-refractivity contribution in [1.82, 2.24) is 20.3 Å². The van der Waals surface area contributed by atoms with Gasteiger partial charge in [-0.15, -0.1) is 5.10 Å². The van der Waals surface area contributed by atoms with Gasteiger partial charge in [0.2, 0.25) is 0 Å². The van der Waals surface area contributed by atoms with Gasteiger partial charge in [0.25, 0.3) is 0 Å². The minimum absolute atomic E-state index is 0.0710. The van der Waals surface area contributed by atoms with Crippen molar-refractivity contribution in [1.29, 1.82) is 0 Å². The van der Waals surface area contributed by atoms with Gasteiger partial charge < -0.3 is 25.2 Å². The Balaban J connectivity index is 1.25. The third kappa shape index (κ3) is 6.09. The maximum atomic E-state index is 13.1. The van der Waals surface area contributed by atoms with E-state index in [4.69, 9.17) is 9.47 Å². The standard InChI is InChI=1S/C24H28FN5O4/c1-33-19-8-6-18(7-9-19)26-24(32)27-21-11-10-20(34-23(21)15-31)12-13-30-14-22(28-29-30)16-2-4-17(25)5-3-16/h2-9,14,20-21,23,31H,10-13,15H2,1H3,(H2,26,27,32)/t20-,21+,23-/m0/s1. The lowest BCUT2D eigenvalue weighted by Gasteiger charge is -2.36. The number of rotatable bonds is 8. The highest BCUT2D eigenvalue weighted by atomic mass is 19.1. The van der Waals surface area contributed by atoms with Crippen LogP contribution < -0.4 is 15.4 Å². The summed E-state index contributed by atoms with van der Waals surface area (Å²) in [5.41, 5.74) is 2.11. The van der Waals surface area contributed by atoms with E-state index in [2.05, 4.69) is 20.9 Å². The summed E-state index contributed by atoms with van der Waals surface area (Å²) >= 11 is 0. The lowest BCUT2D eigenvalue weighted by molar-refractivity contribution is -0.0905. The number of halogens is 1. The molecule has 0 bridgehead atoms. The average molecular weight is 470 g/mol. The van der Waals surface area contributed by atoms with Gasteiger partial charge in [-0.1, -0.05) is 5.21 Å². The fraction of sp³-hybridized carbons (Fsp3) is 0.375. The SMILES string of the molecule is COc1ccc(NC(=O)N[C@@H]2CC[C@@H](CCn3cc(-c4ccc(F)cc4)nn3)O[C@H]2CO)cc1. The fourth-order valence-corrected chi connectivity index (χ4v) is 3.96. The number of amides is 2. The number of benzene rings is 2. The molecule has 9 nitrogen and oxygen atoms in total. The zero-order valence-corrected chi connectivity index (χ0v) is 18.9. The second-order valence-corrected chi connectivity index (χ2v) is 8.15. The molecule has 1 aliphatic rings. The van der Waals surface area contributed by atoms with Crippen LogP contribution in [0.2, 0.25) is 0 Å². The van der Waals surface area contributed by atoms with E-state index < -0.39 is 6.10 Å². The summed E-state index contributed by atoms with van der Waals surface area (Å²) in [6, 6.07) is 12.5. The molecule has 34 heavy (non-hydrogen) atoms. The average Bonchev–Trinajstić information content (AvgIpc) is 3.33.